The Balaban J connectivity index is 1.37. The summed E-state index contributed by atoms with van der Waals surface area (Å²) < 4.78 is 5.64. The Morgan fingerprint density at radius 3 is 2.82 bits per heavy atom. The van der Waals surface area contributed by atoms with Crippen LogP contribution in [0.15, 0.2) is 53.1 Å². The Morgan fingerprint density at radius 1 is 1.27 bits per heavy atom. The highest BCUT2D eigenvalue weighted by Crippen LogP contribution is 2.43. The van der Waals surface area contributed by atoms with Crippen LogP contribution in [0.5, 0.6) is 0 Å². The molecule has 0 saturated carbocycles. The molecule has 0 bridgehead atoms. The van der Waals surface area contributed by atoms with E-state index in [1.54, 1.807) is 23.2 Å². The fourth-order valence-electron chi connectivity index (χ4n) is 5.14. The van der Waals surface area contributed by atoms with E-state index in [-0.39, 0.29) is 17.2 Å². The topological polar surface area (TPSA) is 95.8 Å². The van der Waals surface area contributed by atoms with Gasteiger partial charge >= 0.3 is 0 Å². The molecule has 1 aromatic heterocycles. The highest BCUT2D eigenvalue weighted by Gasteiger charge is 2.43. The number of aryl methyl sites for hydroxylation is 1. The molecule has 3 heterocycles. The van der Waals surface area contributed by atoms with E-state index >= 15 is 0 Å². The van der Waals surface area contributed by atoms with Gasteiger partial charge in [-0.1, -0.05) is 32.0 Å². The number of nitrogen functional groups attached to an aromatic ring is 1. The third-order valence-electron chi connectivity index (χ3n) is 6.79. The lowest BCUT2D eigenvalue weighted by Crippen LogP contribution is -2.43. The first-order valence-electron chi connectivity index (χ1n) is 11.4. The number of carbonyl (C=O) groups excluding carboxylic acids is 1. The number of aliphatic hydroxyl groups is 1. The van der Waals surface area contributed by atoms with Crippen LogP contribution in [-0.4, -0.2) is 35.3 Å². The van der Waals surface area contributed by atoms with Crippen molar-refractivity contribution in [3.05, 3.63) is 71.4 Å². The molecule has 2 aliphatic heterocycles. The van der Waals surface area contributed by atoms with Gasteiger partial charge in [-0.05, 0) is 35.4 Å². The van der Waals surface area contributed by atoms with Crippen LogP contribution in [0, 0.1) is 12.8 Å². The molecular formula is C26H30N4O3. The zero-order chi connectivity index (χ0) is 23.3. The van der Waals surface area contributed by atoms with Gasteiger partial charge in [0.2, 0.25) is 5.91 Å². The first kappa shape index (κ1) is 21.5. The third kappa shape index (κ3) is 3.97. The van der Waals surface area contributed by atoms with E-state index in [0.717, 1.165) is 22.7 Å². The zero-order valence-corrected chi connectivity index (χ0v) is 19.3. The fourth-order valence-corrected chi connectivity index (χ4v) is 5.14. The van der Waals surface area contributed by atoms with Gasteiger partial charge in [0.15, 0.2) is 5.89 Å². The molecular weight excluding hydrogens is 416 g/mol. The number of oxazole rings is 1. The van der Waals surface area contributed by atoms with Crippen LogP contribution in [0.2, 0.25) is 0 Å². The van der Waals surface area contributed by atoms with E-state index in [4.69, 9.17) is 10.2 Å². The summed E-state index contributed by atoms with van der Waals surface area (Å²) in [5.74, 6) is 1.34. The monoisotopic (exact) mass is 446 g/mol. The van der Waals surface area contributed by atoms with E-state index in [2.05, 4.69) is 41.9 Å². The first-order valence-corrected chi connectivity index (χ1v) is 11.4. The molecule has 2 aromatic carbocycles. The Bertz CT molecular complexity index is 1200. The molecule has 2 aliphatic rings. The number of aliphatic hydroxyl groups excluding tert-OH is 1. The van der Waals surface area contributed by atoms with Gasteiger partial charge in [-0.2, -0.15) is 0 Å². The fraction of sp³-hybridized carbons (Fsp3) is 0.385. The standard InChI is InChI=1S/C26H30N4O3/c1-16-28-13-21(33-16)9-17-7-8-23-22(10-17)26(2,3)15-30(23)25(32)18-11-24(31)29(14-18)20-6-4-5-19(27)12-20/h4-8,10,12-13,18,25,32H,9,11,14-15,27H2,1-3H3. The predicted molar refractivity (Wildman–Crippen MR) is 128 cm³/mol. The summed E-state index contributed by atoms with van der Waals surface area (Å²) in [6.45, 7) is 7.39. The molecule has 7 nitrogen and oxygen atoms in total. The van der Waals surface area contributed by atoms with Crippen molar-refractivity contribution in [1.82, 2.24) is 4.98 Å². The number of amides is 1. The van der Waals surface area contributed by atoms with Crippen LogP contribution in [0.1, 0.15) is 43.0 Å². The van der Waals surface area contributed by atoms with Crippen molar-refractivity contribution in [2.75, 3.05) is 28.6 Å². The summed E-state index contributed by atoms with van der Waals surface area (Å²) in [5.41, 5.74) is 10.6. The van der Waals surface area contributed by atoms with Gasteiger partial charge in [-0.3, -0.25) is 4.79 Å². The minimum Gasteiger partial charge on any atom is -0.446 e. The normalized spacial score (nSPS) is 20.4. The van der Waals surface area contributed by atoms with Crippen molar-refractivity contribution in [2.45, 2.75) is 45.3 Å². The van der Waals surface area contributed by atoms with E-state index in [1.807, 2.05) is 19.1 Å². The lowest BCUT2D eigenvalue weighted by molar-refractivity contribution is -0.117. The molecule has 3 N–H and O–H groups in total. The Morgan fingerprint density at radius 2 is 2.09 bits per heavy atom. The van der Waals surface area contributed by atoms with Crippen molar-refractivity contribution in [3.8, 4) is 0 Å². The number of fused-ring (bicyclic) bond motifs is 1. The summed E-state index contributed by atoms with van der Waals surface area (Å²) in [6.07, 6.45) is 2.01. The maximum absolute atomic E-state index is 12.8. The number of carbonyl (C=O) groups is 1. The zero-order valence-electron chi connectivity index (χ0n) is 19.3. The second-order valence-corrected chi connectivity index (χ2v) is 9.86. The molecule has 3 aromatic rings. The number of hydrogen-bond donors (Lipinski definition) is 2. The molecule has 0 aliphatic carbocycles. The van der Waals surface area contributed by atoms with E-state index in [0.29, 0.717) is 37.5 Å². The number of benzene rings is 2. The molecule has 1 amide bonds. The first-order chi connectivity index (χ1) is 15.7. The number of nitrogens with zero attached hydrogens (tertiary/aromatic N) is 3. The summed E-state index contributed by atoms with van der Waals surface area (Å²) in [5, 5.41) is 11.4. The summed E-state index contributed by atoms with van der Waals surface area (Å²) in [7, 11) is 0. The van der Waals surface area contributed by atoms with E-state index in [1.165, 1.54) is 5.56 Å². The molecule has 1 fully saturated rings. The van der Waals surface area contributed by atoms with Gasteiger partial charge in [-0.15, -0.1) is 0 Å². The van der Waals surface area contributed by atoms with Crippen molar-refractivity contribution in [3.63, 3.8) is 0 Å². The van der Waals surface area contributed by atoms with Crippen LogP contribution >= 0.6 is 0 Å². The average Bonchev–Trinajstić information content (AvgIpc) is 3.43. The second-order valence-electron chi connectivity index (χ2n) is 9.86. The molecule has 33 heavy (non-hydrogen) atoms. The number of anilines is 3. The van der Waals surface area contributed by atoms with Crippen molar-refractivity contribution in [1.29, 1.82) is 0 Å². The number of aromatic nitrogens is 1. The molecule has 1 saturated heterocycles. The largest absolute Gasteiger partial charge is 0.446 e. The maximum Gasteiger partial charge on any atom is 0.227 e. The number of rotatable bonds is 5. The van der Waals surface area contributed by atoms with Crippen molar-refractivity contribution < 1.29 is 14.3 Å². The van der Waals surface area contributed by atoms with Crippen LogP contribution in [0.3, 0.4) is 0 Å². The number of hydrogen-bond acceptors (Lipinski definition) is 6. The van der Waals surface area contributed by atoms with E-state index in [9.17, 15) is 9.90 Å². The minimum atomic E-state index is -0.747. The van der Waals surface area contributed by atoms with Gasteiger partial charge in [0.05, 0.1) is 6.20 Å². The SMILES string of the molecule is Cc1ncc(Cc2ccc3c(c2)C(C)(C)CN3C(O)C2CC(=O)N(c3cccc(N)c3)C2)o1. The predicted octanol–water partition coefficient (Wildman–Crippen LogP) is 3.63. The van der Waals surface area contributed by atoms with Gasteiger partial charge in [0, 0.05) is 61.2 Å². The molecule has 0 spiro atoms. The summed E-state index contributed by atoms with van der Waals surface area (Å²) in [6, 6.07) is 13.7. The lowest BCUT2D eigenvalue weighted by atomic mass is 9.86. The molecule has 172 valence electrons. The molecule has 2 unspecified atom stereocenters. The average molecular weight is 447 g/mol. The Kier molecular flexibility index (Phi) is 5.16. The van der Waals surface area contributed by atoms with Crippen LogP contribution in [0.25, 0.3) is 0 Å². The van der Waals surface area contributed by atoms with Crippen molar-refractivity contribution >= 4 is 23.0 Å². The summed E-state index contributed by atoms with van der Waals surface area (Å²) in [4.78, 5) is 20.7. The van der Waals surface area contributed by atoms with Gasteiger partial charge < -0.3 is 25.1 Å². The van der Waals surface area contributed by atoms with Crippen LogP contribution in [0.4, 0.5) is 17.1 Å². The lowest BCUT2D eigenvalue weighted by Gasteiger charge is -2.31. The molecule has 7 heteroatoms. The quantitative estimate of drug-likeness (QED) is 0.581. The highest BCUT2D eigenvalue weighted by molar-refractivity contribution is 5.96. The maximum atomic E-state index is 12.8. The highest BCUT2D eigenvalue weighted by atomic mass is 16.4. The Labute approximate surface area is 193 Å². The van der Waals surface area contributed by atoms with Crippen molar-refractivity contribution in [2.24, 2.45) is 5.92 Å². The summed E-state index contributed by atoms with van der Waals surface area (Å²) >= 11 is 0. The van der Waals surface area contributed by atoms with Crippen LogP contribution < -0.4 is 15.5 Å². The second kappa shape index (κ2) is 7.92. The third-order valence-corrected chi connectivity index (χ3v) is 6.79. The molecule has 2 atom stereocenters. The van der Waals surface area contributed by atoms with Crippen LogP contribution in [-0.2, 0) is 16.6 Å². The Hall–Kier alpha value is -3.32. The number of nitrogens with two attached hydrogens (primary N) is 1. The van der Waals surface area contributed by atoms with Gasteiger partial charge in [0.1, 0.15) is 12.0 Å². The van der Waals surface area contributed by atoms with E-state index < -0.39 is 6.23 Å². The minimum absolute atomic E-state index is 0.0148. The van der Waals surface area contributed by atoms with Gasteiger partial charge in [0.25, 0.3) is 0 Å². The molecule has 0 radical (unpaired) electrons. The van der Waals surface area contributed by atoms with Gasteiger partial charge in [-0.25, -0.2) is 4.98 Å². The molecule has 5 rings (SSSR count). The smallest absolute Gasteiger partial charge is 0.227 e.